The number of halogens is 2. The zero-order valence-corrected chi connectivity index (χ0v) is 17.2. The summed E-state index contributed by atoms with van der Waals surface area (Å²) < 4.78 is 26.0. The van der Waals surface area contributed by atoms with Crippen molar-refractivity contribution in [1.29, 1.82) is 5.26 Å². The van der Waals surface area contributed by atoms with Gasteiger partial charge in [0.15, 0.2) is 4.91 Å². The molecule has 8 heteroatoms. The number of rotatable bonds is 6. The third-order valence-electron chi connectivity index (χ3n) is 2.60. The molecule has 0 heterocycles. The van der Waals surface area contributed by atoms with E-state index < -0.39 is 14.7 Å². The van der Waals surface area contributed by atoms with Crippen LogP contribution >= 0.6 is 56.3 Å². The zero-order chi connectivity index (χ0) is 17.8. The first-order chi connectivity index (χ1) is 10.6. The first-order valence-corrected chi connectivity index (χ1v) is 9.75. The van der Waals surface area contributed by atoms with Crippen LogP contribution in [0.25, 0.3) is 0 Å². The summed E-state index contributed by atoms with van der Waals surface area (Å²) in [6, 6.07) is 9.28. The molecule has 0 saturated heterocycles. The number of allylic oxidation sites excluding steroid dienone is 4. The minimum Gasteiger partial charge on any atom is -0.218 e. The monoisotopic (exact) mass is 489 g/mol. The number of sulfone groups is 1. The van der Waals surface area contributed by atoms with Crippen LogP contribution in [0.15, 0.2) is 67.8 Å². The molecule has 1 rings (SSSR count). The fourth-order valence-corrected chi connectivity index (χ4v) is 3.89. The van der Waals surface area contributed by atoms with Gasteiger partial charge in [-0.15, -0.1) is 0 Å². The van der Waals surface area contributed by atoms with Crippen LogP contribution in [-0.2, 0) is 9.84 Å². The van der Waals surface area contributed by atoms with Gasteiger partial charge in [0.25, 0.3) is 0 Å². The van der Waals surface area contributed by atoms with E-state index in [1.165, 1.54) is 12.1 Å². The van der Waals surface area contributed by atoms with E-state index in [1.807, 2.05) is 0 Å². The van der Waals surface area contributed by atoms with Crippen LogP contribution in [0.5, 0.6) is 0 Å². The number of hydrogen-bond acceptors (Lipinski definition) is 5. The van der Waals surface area contributed by atoms with Crippen LogP contribution < -0.4 is 0 Å². The van der Waals surface area contributed by atoms with Gasteiger partial charge in [0.2, 0.25) is 9.84 Å². The summed E-state index contributed by atoms with van der Waals surface area (Å²) in [6.07, 6.45) is 0. The van der Waals surface area contributed by atoms with Gasteiger partial charge in [-0.25, -0.2) is 8.42 Å². The Kier molecular flexibility index (Phi) is 7.17. The SMILES string of the molecule is C=C(Br)C(=S)C(C(=S)C(=C)Br)=C(C#N)S(=O)(=O)c1ccccc1. The van der Waals surface area contributed by atoms with Crippen LogP contribution in [0.3, 0.4) is 0 Å². The van der Waals surface area contributed by atoms with E-state index in [0.717, 1.165) is 0 Å². The molecule has 118 valence electrons. The van der Waals surface area contributed by atoms with Crippen LogP contribution in [0.2, 0.25) is 0 Å². The second kappa shape index (κ2) is 8.22. The molecule has 0 aromatic heterocycles. The highest BCUT2D eigenvalue weighted by Gasteiger charge is 2.29. The van der Waals surface area contributed by atoms with Gasteiger partial charge in [-0.3, -0.25) is 0 Å². The predicted molar refractivity (Wildman–Crippen MR) is 108 cm³/mol. The summed E-state index contributed by atoms with van der Waals surface area (Å²) in [5.41, 5.74) is -0.0786. The number of hydrogen-bond donors (Lipinski definition) is 0. The summed E-state index contributed by atoms with van der Waals surface area (Å²) in [6.45, 7) is 7.24. The normalized spacial score (nSPS) is 10.3. The van der Waals surface area contributed by atoms with Crippen molar-refractivity contribution < 1.29 is 8.42 Å². The third-order valence-corrected chi connectivity index (χ3v) is 6.54. The highest BCUT2D eigenvalue weighted by atomic mass is 79.9. The summed E-state index contributed by atoms with van der Waals surface area (Å²) in [5.74, 6) is 0. The molecule has 0 atom stereocenters. The maximum Gasteiger partial charge on any atom is 0.217 e. The molecule has 23 heavy (non-hydrogen) atoms. The van der Waals surface area contributed by atoms with Crippen LogP contribution in [0.4, 0.5) is 0 Å². The fourth-order valence-electron chi connectivity index (χ4n) is 1.55. The van der Waals surface area contributed by atoms with Gasteiger partial charge in [-0.05, 0) is 44.0 Å². The molecule has 1 aromatic rings. The van der Waals surface area contributed by atoms with Crippen molar-refractivity contribution in [3.8, 4) is 6.07 Å². The second-order valence-corrected chi connectivity index (χ2v) is 8.72. The lowest BCUT2D eigenvalue weighted by molar-refractivity contribution is 0.603. The topological polar surface area (TPSA) is 57.9 Å². The van der Waals surface area contributed by atoms with Gasteiger partial charge in [0, 0.05) is 14.5 Å². The minimum atomic E-state index is -4.09. The first kappa shape index (κ1) is 20.1. The van der Waals surface area contributed by atoms with Gasteiger partial charge in [-0.2, -0.15) is 5.26 Å². The molecule has 3 nitrogen and oxygen atoms in total. The number of nitrogens with zero attached hydrogens (tertiary/aromatic N) is 1. The summed E-state index contributed by atoms with van der Waals surface area (Å²) in [5, 5.41) is 9.46. The Balaban J connectivity index is 3.82. The molecule has 0 saturated carbocycles. The average Bonchev–Trinajstić information content (AvgIpc) is 2.51. The minimum absolute atomic E-state index is 0.0278. The smallest absolute Gasteiger partial charge is 0.217 e. The largest absolute Gasteiger partial charge is 0.218 e. The Labute approximate surface area is 162 Å². The predicted octanol–water partition coefficient (Wildman–Crippen LogP) is 4.79. The van der Waals surface area contributed by atoms with Gasteiger partial charge in [0.1, 0.15) is 6.07 Å². The van der Waals surface area contributed by atoms with E-state index >= 15 is 0 Å². The molecule has 1 aromatic carbocycles. The van der Waals surface area contributed by atoms with E-state index in [0.29, 0.717) is 0 Å². The molecule has 0 aliphatic carbocycles. The number of benzene rings is 1. The lowest BCUT2D eigenvalue weighted by atomic mass is 10.1. The molecule has 0 bridgehead atoms. The van der Waals surface area contributed by atoms with Crippen LogP contribution in [0, 0.1) is 11.3 Å². The van der Waals surface area contributed by atoms with Crippen molar-refractivity contribution in [2.45, 2.75) is 4.90 Å². The third kappa shape index (κ3) is 4.52. The lowest BCUT2D eigenvalue weighted by Crippen LogP contribution is -2.17. The zero-order valence-electron chi connectivity index (χ0n) is 11.5. The lowest BCUT2D eigenvalue weighted by Gasteiger charge is -2.13. The summed E-state index contributed by atoms with van der Waals surface area (Å²) in [7, 11) is -4.09. The molecular weight excluding hydrogens is 482 g/mol. The summed E-state index contributed by atoms with van der Waals surface area (Å²) >= 11 is 16.6. The van der Waals surface area contributed by atoms with Gasteiger partial charge in [0.05, 0.1) is 14.6 Å². The van der Waals surface area contributed by atoms with E-state index in [2.05, 4.69) is 45.0 Å². The van der Waals surface area contributed by atoms with Crippen molar-refractivity contribution in [3.05, 3.63) is 62.9 Å². The van der Waals surface area contributed by atoms with Gasteiger partial charge in [-0.1, -0.05) is 55.8 Å². The standard InChI is InChI=1S/C15H9Br2NO2S3/c1-9(16)14(21)13(15(22)10(2)17)12(8-18)23(19,20)11-6-4-3-5-7-11/h3-7H,1-2H2. The quantitative estimate of drug-likeness (QED) is 0.325. The maximum atomic E-state index is 12.8. The molecule has 0 radical (unpaired) electrons. The average molecular weight is 491 g/mol. The van der Waals surface area contributed by atoms with Crippen LogP contribution in [0.1, 0.15) is 0 Å². The Morgan fingerprint density at radius 1 is 1.04 bits per heavy atom. The van der Waals surface area contributed by atoms with Crippen molar-refractivity contribution in [1.82, 2.24) is 0 Å². The molecule has 0 spiro atoms. The highest BCUT2D eigenvalue weighted by Crippen LogP contribution is 2.28. The molecule has 0 aliphatic heterocycles. The molecule has 0 unspecified atom stereocenters. The highest BCUT2D eigenvalue weighted by molar-refractivity contribution is 9.12. The van der Waals surface area contributed by atoms with Crippen LogP contribution in [-0.4, -0.2) is 18.1 Å². The second-order valence-electron chi connectivity index (χ2n) is 4.10. The molecule has 0 N–H and O–H groups in total. The van der Waals surface area contributed by atoms with Crippen molar-refractivity contribution >= 4 is 75.9 Å². The van der Waals surface area contributed by atoms with E-state index in [9.17, 15) is 13.7 Å². The van der Waals surface area contributed by atoms with Gasteiger partial charge < -0.3 is 0 Å². The Morgan fingerprint density at radius 2 is 1.48 bits per heavy atom. The first-order valence-electron chi connectivity index (χ1n) is 5.87. The number of nitriles is 1. The maximum absolute atomic E-state index is 12.8. The van der Waals surface area contributed by atoms with Gasteiger partial charge >= 0.3 is 0 Å². The Morgan fingerprint density at radius 3 is 1.83 bits per heavy atom. The van der Waals surface area contributed by atoms with Crippen molar-refractivity contribution in [2.75, 3.05) is 0 Å². The van der Waals surface area contributed by atoms with Crippen molar-refractivity contribution in [3.63, 3.8) is 0 Å². The molecule has 0 aliphatic rings. The Bertz CT molecular complexity index is 851. The summed E-state index contributed by atoms with van der Waals surface area (Å²) in [4.78, 5) is -0.502. The van der Waals surface area contributed by atoms with Crippen molar-refractivity contribution in [2.24, 2.45) is 0 Å². The Hall–Kier alpha value is -0.980. The molecule has 0 amide bonds. The molecule has 0 fully saturated rings. The fraction of sp³-hybridized carbons (Fsp3) is 0. The van der Waals surface area contributed by atoms with E-state index in [1.54, 1.807) is 24.3 Å². The number of thiocarbonyl (C=S) groups is 2. The van der Waals surface area contributed by atoms with E-state index in [4.69, 9.17) is 24.4 Å². The van der Waals surface area contributed by atoms with E-state index in [-0.39, 0.29) is 29.2 Å². The molecular formula is C15H9Br2NO2S3.